The number of carbonyl (C=O) groups excluding carboxylic acids is 1. The fourth-order valence-electron chi connectivity index (χ4n) is 3.95. The van der Waals surface area contributed by atoms with E-state index in [4.69, 9.17) is 0 Å². The Morgan fingerprint density at radius 3 is 2.04 bits per heavy atom. The Morgan fingerprint density at radius 2 is 1.46 bits per heavy atom. The van der Waals surface area contributed by atoms with Crippen LogP contribution in [-0.4, -0.2) is 55.1 Å². The van der Waals surface area contributed by atoms with E-state index in [2.05, 4.69) is 21.7 Å². The molecule has 4 rings (SSSR count). The average molecular weight is 382 g/mol. The summed E-state index contributed by atoms with van der Waals surface area (Å²) >= 11 is 0. The van der Waals surface area contributed by atoms with Crippen LogP contribution in [0.4, 0.5) is 15.8 Å². The lowest BCUT2D eigenvalue weighted by molar-refractivity contribution is 0.0691. The normalized spacial score (nSPS) is 18.4. The maximum Gasteiger partial charge on any atom is 0.272 e. The van der Waals surface area contributed by atoms with Gasteiger partial charge in [-0.05, 0) is 55.2 Å². The van der Waals surface area contributed by atoms with E-state index < -0.39 is 0 Å². The Morgan fingerprint density at radius 1 is 0.893 bits per heavy atom. The largest absolute Gasteiger partial charge is 0.368 e. The van der Waals surface area contributed by atoms with E-state index in [1.165, 1.54) is 12.1 Å². The van der Waals surface area contributed by atoms with E-state index in [9.17, 15) is 9.18 Å². The molecular weight excluding hydrogens is 355 g/mol. The average Bonchev–Trinajstić information content (AvgIpc) is 2.75. The molecule has 0 unspecified atom stereocenters. The Kier molecular flexibility index (Phi) is 5.46. The van der Waals surface area contributed by atoms with Crippen molar-refractivity contribution >= 4 is 17.3 Å². The molecule has 3 heterocycles. The van der Waals surface area contributed by atoms with Gasteiger partial charge in [-0.15, -0.1) is 0 Å². The highest BCUT2D eigenvalue weighted by molar-refractivity contribution is 5.92. The third kappa shape index (κ3) is 4.11. The lowest BCUT2D eigenvalue weighted by atomic mass is 9.99. The van der Waals surface area contributed by atoms with Gasteiger partial charge in [-0.25, -0.2) is 9.37 Å². The SMILES string of the molecule is CC1CCN(C(=O)c2ccc(N3CCN(c4ccc(F)cc4)CC3)cn2)CC1. The predicted octanol–water partition coefficient (Wildman–Crippen LogP) is 3.42. The number of hydrogen-bond donors (Lipinski definition) is 0. The first kappa shape index (κ1) is 18.7. The Hall–Kier alpha value is -2.63. The molecule has 2 aromatic rings. The number of rotatable bonds is 3. The molecule has 28 heavy (non-hydrogen) atoms. The summed E-state index contributed by atoms with van der Waals surface area (Å²) in [6.07, 6.45) is 3.96. The number of pyridine rings is 1. The fraction of sp³-hybridized carbons (Fsp3) is 0.455. The van der Waals surface area contributed by atoms with Crippen LogP contribution in [0.5, 0.6) is 0 Å². The first-order chi connectivity index (χ1) is 13.6. The maximum atomic E-state index is 13.1. The second-order valence-corrected chi connectivity index (χ2v) is 7.83. The van der Waals surface area contributed by atoms with E-state index in [0.717, 1.165) is 63.5 Å². The zero-order valence-electron chi connectivity index (χ0n) is 16.4. The first-order valence-electron chi connectivity index (χ1n) is 10.1. The number of piperazine rings is 1. The zero-order chi connectivity index (χ0) is 19.5. The smallest absolute Gasteiger partial charge is 0.272 e. The van der Waals surface area contributed by atoms with Gasteiger partial charge in [0.05, 0.1) is 11.9 Å². The third-order valence-electron chi connectivity index (χ3n) is 5.87. The number of piperidine rings is 1. The van der Waals surface area contributed by atoms with Crippen molar-refractivity contribution in [1.82, 2.24) is 9.88 Å². The Balaban J connectivity index is 1.34. The minimum absolute atomic E-state index is 0.0413. The number of nitrogens with zero attached hydrogens (tertiary/aromatic N) is 4. The molecular formula is C22H27FN4O. The van der Waals surface area contributed by atoms with Crippen LogP contribution in [-0.2, 0) is 0 Å². The number of benzene rings is 1. The van der Waals surface area contributed by atoms with Crippen LogP contribution in [0.1, 0.15) is 30.3 Å². The summed E-state index contributed by atoms with van der Waals surface area (Å²) in [7, 11) is 0. The molecule has 0 spiro atoms. The van der Waals surface area contributed by atoms with E-state index in [1.54, 1.807) is 0 Å². The van der Waals surface area contributed by atoms with Crippen molar-refractivity contribution < 1.29 is 9.18 Å². The fourth-order valence-corrected chi connectivity index (χ4v) is 3.95. The number of amides is 1. The summed E-state index contributed by atoms with van der Waals surface area (Å²) in [6, 6.07) is 10.5. The van der Waals surface area contributed by atoms with Gasteiger partial charge < -0.3 is 14.7 Å². The molecule has 2 aliphatic heterocycles. The van der Waals surface area contributed by atoms with E-state index in [-0.39, 0.29) is 11.7 Å². The number of likely N-dealkylation sites (tertiary alicyclic amines) is 1. The Labute approximate surface area is 165 Å². The second-order valence-electron chi connectivity index (χ2n) is 7.83. The predicted molar refractivity (Wildman–Crippen MR) is 109 cm³/mol. The summed E-state index contributed by atoms with van der Waals surface area (Å²) in [6.45, 7) is 7.39. The van der Waals surface area contributed by atoms with Crippen molar-refractivity contribution in [3.05, 3.63) is 54.1 Å². The van der Waals surface area contributed by atoms with E-state index in [0.29, 0.717) is 11.6 Å². The highest BCUT2D eigenvalue weighted by Gasteiger charge is 2.23. The first-order valence-corrected chi connectivity index (χ1v) is 10.1. The molecule has 1 amide bonds. The minimum Gasteiger partial charge on any atom is -0.368 e. The maximum absolute atomic E-state index is 13.1. The minimum atomic E-state index is -0.206. The van der Waals surface area contributed by atoms with Crippen LogP contribution >= 0.6 is 0 Å². The second kappa shape index (κ2) is 8.17. The highest BCUT2D eigenvalue weighted by atomic mass is 19.1. The Bertz CT molecular complexity index is 792. The molecule has 2 fully saturated rings. The summed E-state index contributed by atoms with van der Waals surface area (Å²) < 4.78 is 13.1. The van der Waals surface area contributed by atoms with E-state index in [1.807, 2.05) is 35.4 Å². The molecule has 5 nitrogen and oxygen atoms in total. The molecule has 0 atom stereocenters. The van der Waals surface area contributed by atoms with Crippen LogP contribution in [0.25, 0.3) is 0 Å². The standard InChI is InChI=1S/C22H27FN4O/c1-17-8-10-27(11-9-17)22(28)21-7-6-20(16-24-21)26-14-12-25(13-15-26)19-4-2-18(23)3-5-19/h2-7,16-17H,8-15H2,1H3. The van der Waals surface area contributed by atoms with Crippen molar-refractivity contribution in [3.63, 3.8) is 0 Å². The lowest BCUT2D eigenvalue weighted by Gasteiger charge is -2.37. The van der Waals surface area contributed by atoms with Crippen LogP contribution in [0.3, 0.4) is 0 Å². The van der Waals surface area contributed by atoms with Crippen molar-refractivity contribution in [1.29, 1.82) is 0 Å². The van der Waals surface area contributed by atoms with Gasteiger partial charge in [0, 0.05) is 45.0 Å². The summed E-state index contributed by atoms with van der Waals surface area (Å²) in [4.78, 5) is 23.5. The molecule has 0 N–H and O–H groups in total. The van der Waals surface area contributed by atoms with Crippen LogP contribution in [0.15, 0.2) is 42.6 Å². The van der Waals surface area contributed by atoms with Gasteiger partial charge in [0.2, 0.25) is 0 Å². The zero-order valence-corrected chi connectivity index (χ0v) is 16.4. The van der Waals surface area contributed by atoms with Crippen molar-refractivity contribution in [3.8, 4) is 0 Å². The molecule has 0 bridgehead atoms. The number of aromatic nitrogens is 1. The van der Waals surface area contributed by atoms with Gasteiger partial charge in [0.1, 0.15) is 11.5 Å². The topological polar surface area (TPSA) is 39.7 Å². The van der Waals surface area contributed by atoms with Crippen molar-refractivity contribution in [2.45, 2.75) is 19.8 Å². The van der Waals surface area contributed by atoms with Gasteiger partial charge in [-0.2, -0.15) is 0 Å². The van der Waals surface area contributed by atoms with Gasteiger partial charge in [-0.3, -0.25) is 4.79 Å². The van der Waals surface area contributed by atoms with Gasteiger partial charge in [-0.1, -0.05) is 6.92 Å². The molecule has 6 heteroatoms. The summed E-state index contributed by atoms with van der Waals surface area (Å²) in [5.41, 5.74) is 2.63. The third-order valence-corrected chi connectivity index (χ3v) is 5.87. The molecule has 1 aromatic carbocycles. The lowest BCUT2D eigenvalue weighted by Crippen LogP contribution is -2.46. The number of halogens is 1. The molecule has 0 radical (unpaired) electrons. The molecule has 0 saturated carbocycles. The van der Waals surface area contributed by atoms with Gasteiger partial charge in [0.25, 0.3) is 5.91 Å². The summed E-state index contributed by atoms with van der Waals surface area (Å²) in [5, 5.41) is 0. The number of anilines is 2. The molecule has 2 aliphatic rings. The molecule has 2 saturated heterocycles. The number of carbonyl (C=O) groups is 1. The van der Waals surface area contributed by atoms with Crippen LogP contribution in [0.2, 0.25) is 0 Å². The monoisotopic (exact) mass is 382 g/mol. The van der Waals surface area contributed by atoms with Gasteiger partial charge >= 0.3 is 0 Å². The van der Waals surface area contributed by atoms with Crippen LogP contribution < -0.4 is 9.80 Å². The quantitative estimate of drug-likeness (QED) is 0.816. The van der Waals surface area contributed by atoms with Gasteiger partial charge in [0.15, 0.2) is 0 Å². The van der Waals surface area contributed by atoms with E-state index >= 15 is 0 Å². The van der Waals surface area contributed by atoms with Crippen molar-refractivity contribution in [2.24, 2.45) is 5.92 Å². The summed E-state index contributed by atoms with van der Waals surface area (Å²) in [5.74, 6) is 0.537. The van der Waals surface area contributed by atoms with Crippen molar-refractivity contribution in [2.75, 3.05) is 49.1 Å². The highest BCUT2D eigenvalue weighted by Crippen LogP contribution is 2.22. The molecule has 1 aromatic heterocycles. The molecule has 148 valence electrons. The van der Waals surface area contributed by atoms with Crippen LogP contribution in [0, 0.1) is 11.7 Å². The molecule has 0 aliphatic carbocycles. The number of hydrogen-bond acceptors (Lipinski definition) is 4.